The second-order valence-corrected chi connectivity index (χ2v) is 5.06. The monoisotopic (exact) mass is 240 g/mol. The van der Waals surface area contributed by atoms with Gasteiger partial charge in [-0.05, 0) is 19.3 Å². The fourth-order valence-electron chi connectivity index (χ4n) is 1.76. The van der Waals surface area contributed by atoms with Crippen LogP contribution in [0.15, 0.2) is 0 Å². The van der Waals surface area contributed by atoms with E-state index in [0.29, 0.717) is 17.5 Å². The zero-order valence-electron chi connectivity index (χ0n) is 9.60. The topological polar surface area (TPSA) is 42.4 Å². The number of carbonyl (C=O) groups excluding carboxylic acids is 1. The number of thiazole rings is 1. The molecule has 0 radical (unpaired) electrons. The Morgan fingerprint density at radius 2 is 2.38 bits per heavy atom. The Hall–Kier alpha value is -0.940. The van der Waals surface area contributed by atoms with Crippen LogP contribution in [0.2, 0.25) is 0 Å². The maximum atomic E-state index is 10.9. The third kappa shape index (κ3) is 2.10. The molecule has 1 aliphatic rings. The summed E-state index contributed by atoms with van der Waals surface area (Å²) in [5, 5.41) is 0.929. The van der Waals surface area contributed by atoms with Crippen molar-refractivity contribution < 1.29 is 9.53 Å². The smallest absolute Gasteiger partial charge is 0.186 e. The molecule has 2 rings (SSSR count). The normalized spacial score (nSPS) is 15.9. The minimum absolute atomic E-state index is 0.406. The number of nitrogens with zero attached hydrogens (tertiary/aromatic N) is 2. The molecule has 0 N–H and O–H groups in total. The number of anilines is 1. The Bertz CT molecular complexity index is 374. The van der Waals surface area contributed by atoms with Crippen molar-refractivity contribution in [3.63, 3.8) is 0 Å². The second kappa shape index (κ2) is 4.93. The van der Waals surface area contributed by atoms with Crippen LogP contribution in [0.25, 0.3) is 0 Å². The summed E-state index contributed by atoms with van der Waals surface area (Å²) in [5.41, 5.74) is 0.753. The van der Waals surface area contributed by atoms with Gasteiger partial charge in [-0.2, -0.15) is 0 Å². The molecule has 0 unspecified atom stereocenters. The first-order valence-electron chi connectivity index (χ1n) is 5.43. The third-order valence-electron chi connectivity index (χ3n) is 3.03. The molecule has 1 aliphatic carbocycles. The van der Waals surface area contributed by atoms with E-state index in [1.807, 2.05) is 7.05 Å². The highest BCUT2D eigenvalue weighted by Crippen LogP contribution is 2.32. The number of hydrogen-bond acceptors (Lipinski definition) is 5. The predicted octanol–water partition coefficient (Wildman–Crippen LogP) is 2.09. The number of ether oxygens (including phenoxy) is 1. The van der Waals surface area contributed by atoms with E-state index in [-0.39, 0.29) is 0 Å². The van der Waals surface area contributed by atoms with Crippen molar-refractivity contribution >= 4 is 22.8 Å². The first kappa shape index (κ1) is 11.5. The van der Waals surface area contributed by atoms with Crippen molar-refractivity contribution in [1.29, 1.82) is 0 Å². The van der Waals surface area contributed by atoms with E-state index in [1.165, 1.54) is 30.6 Å². The molecule has 0 aliphatic heterocycles. The molecule has 1 saturated carbocycles. The van der Waals surface area contributed by atoms with Crippen molar-refractivity contribution in [2.24, 2.45) is 0 Å². The highest BCUT2D eigenvalue weighted by atomic mass is 32.1. The first-order valence-corrected chi connectivity index (χ1v) is 6.24. The molecule has 5 heteroatoms. The molecular weight excluding hydrogens is 224 g/mol. The molecule has 0 amide bonds. The van der Waals surface area contributed by atoms with Gasteiger partial charge in [-0.25, -0.2) is 4.98 Å². The van der Waals surface area contributed by atoms with Gasteiger partial charge in [0.05, 0.1) is 17.2 Å². The summed E-state index contributed by atoms with van der Waals surface area (Å²) in [4.78, 5) is 18.2. The summed E-state index contributed by atoms with van der Waals surface area (Å²) >= 11 is 1.45. The van der Waals surface area contributed by atoms with Crippen molar-refractivity contribution in [2.45, 2.75) is 31.9 Å². The lowest BCUT2D eigenvalue weighted by atomic mass is 9.92. The lowest BCUT2D eigenvalue weighted by Crippen LogP contribution is -2.37. The van der Waals surface area contributed by atoms with Gasteiger partial charge < -0.3 is 9.64 Å². The van der Waals surface area contributed by atoms with Crippen LogP contribution in [-0.4, -0.2) is 31.5 Å². The van der Waals surface area contributed by atoms with Gasteiger partial charge in [-0.3, -0.25) is 4.79 Å². The first-order chi connectivity index (χ1) is 7.76. The SMILES string of the molecule is COCc1nc(N(C)C2CCC2)sc1C=O. The second-order valence-electron chi connectivity index (χ2n) is 4.05. The Labute approximate surface area is 99.2 Å². The summed E-state index contributed by atoms with van der Waals surface area (Å²) in [6, 6.07) is 0.598. The molecule has 0 aromatic carbocycles. The molecule has 88 valence electrons. The van der Waals surface area contributed by atoms with Crippen molar-refractivity contribution in [1.82, 2.24) is 4.98 Å². The van der Waals surface area contributed by atoms with E-state index >= 15 is 0 Å². The van der Waals surface area contributed by atoms with Crippen LogP contribution < -0.4 is 4.90 Å². The zero-order valence-corrected chi connectivity index (χ0v) is 10.4. The molecule has 16 heavy (non-hydrogen) atoms. The average molecular weight is 240 g/mol. The molecule has 1 aromatic heterocycles. The van der Waals surface area contributed by atoms with Crippen LogP contribution in [-0.2, 0) is 11.3 Å². The van der Waals surface area contributed by atoms with Gasteiger partial charge in [-0.1, -0.05) is 11.3 Å². The Morgan fingerprint density at radius 3 is 2.88 bits per heavy atom. The summed E-state index contributed by atoms with van der Waals surface area (Å²) < 4.78 is 5.03. The summed E-state index contributed by atoms with van der Waals surface area (Å²) in [6.45, 7) is 0.406. The van der Waals surface area contributed by atoms with Crippen LogP contribution in [0.1, 0.15) is 34.6 Å². The minimum atomic E-state index is 0.406. The predicted molar refractivity (Wildman–Crippen MR) is 64.3 cm³/mol. The van der Waals surface area contributed by atoms with E-state index in [1.54, 1.807) is 7.11 Å². The van der Waals surface area contributed by atoms with Crippen LogP contribution in [0.3, 0.4) is 0 Å². The van der Waals surface area contributed by atoms with Crippen LogP contribution in [0, 0.1) is 0 Å². The Balaban J connectivity index is 2.17. The average Bonchev–Trinajstić information content (AvgIpc) is 2.59. The zero-order chi connectivity index (χ0) is 11.5. The quantitative estimate of drug-likeness (QED) is 0.739. The lowest BCUT2D eigenvalue weighted by molar-refractivity contribution is 0.112. The maximum absolute atomic E-state index is 10.9. The van der Waals surface area contributed by atoms with Gasteiger partial charge in [0.2, 0.25) is 0 Å². The fourth-order valence-corrected chi connectivity index (χ4v) is 2.68. The molecule has 0 saturated heterocycles. The van der Waals surface area contributed by atoms with E-state index in [4.69, 9.17) is 4.74 Å². The molecule has 4 nitrogen and oxygen atoms in total. The lowest BCUT2D eigenvalue weighted by Gasteiger charge is -2.34. The molecular formula is C11H16N2O2S. The molecule has 0 spiro atoms. The van der Waals surface area contributed by atoms with Crippen molar-refractivity contribution in [3.8, 4) is 0 Å². The van der Waals surface area contributed by atoms with Crippen LogP contribution in [0.4, 0.5) is 5.13 Å². The summed E-state index contributed by atoms with van der Waals surface area (Å²) in [5.74, 6) is 0. The largest absolute Gasteiger partial charge is 0.378 e. The number of rotatable bonds is 5. The number of carbonyl (C=O) groups is 1. The summed E-state index contributed by atoms with van der Waals surface area (Å²) in [7, 11) is 3.66. The van der Waals surface area contributed by atoms with Crippen LogP contribution in [0.5, 0.6) is 0 Å². The highest BCUT2D eigenvalue weighted by Gasteiger charge is 2.25. The van der Waals surface area contributed by atoms with E-state index in [2.05, 4.69) is 9.88 Å². The molecule has 0 bridgehead atoms. The molecule has 1 fully saturated rings. The standard InChI is InChI=1S/C11H16N2O2S/c1-13(8-4-3-5-8)11-12-9(7-15-2)10(6-14)16-11/h6,8H,3-5,7H2,1-2H3. The molecule has 1 heterocycles. The minimum Gasteiger partial charge on any atom is -0.378 e. The van der Waals surface area contributed by atoms with Crippen LogP contribution >= 0.6 is 11.3 Å². The van der Waals surface area contributed by atoms with Gasteiger partial charge >= 0.3 is 0 Å². The van der Waals surface area contributed by atoms with Gasteiger partial charge in [0.1, 0.15) is 0 Å². The number of aromatic nitrogens is 1. The fraction of sp³-hybridized carbons (Fsp3) is 0.636. The number of hydrogen-bond donors (Lipinski definition) is 0. The van der Waals surface area contributed by atoms with Gasteiger partial charge in [0, 0.05) is 20.2 Å². The van der Waals surface area contributed by atoms with Gasteiger partial charge in [0.15, 0.2) is 11.4 Å². The van der Waals surface area contributed by atoms with E-state index < -0.39 is 0 Å². The molecule has 0 atom stereocenters. The Morgan fingerprint density at radius 1 is 1.62 bits per heavy atom. The van der Waals surface area contributed by atoms with E-state index in [0.717, 1.165) is 17.1 Å². The third-order valence-corrected chi connectivity index (χ3v) is 4.14. The van der Waals surface area contributed by atoms with Crippen molar-refractivity contribution in [2.75, 3.05) is 19.1 Å². The van der Waals surface area contributed by atoms with Gasteiger partial charge in [-0.15, -0.1) is 0 Å². The van der Waals surface area contributed by atoms with Crippen molar-refractivity contribution in [3.05, 3.63) is 10.6 Å². The summed E-state index contributed by atoms with van der Waals surface area (Å²) in [6.07, 6.45) is 4.62. The maximum Gasteiger partial charge on any atom is 0.186 e. The Kier molecular flexibility index (Phi) is 3.56. The highest BCUT2D eigenvalue weighted by molar-refractivity contribution is 7.17. The number of aldehydes is 1. The molecule has 1 aromatic rings. The van der Waals surface area contributed by atoms with Gasteiger partial charge in [0.25, 0.3) is 0 Å². The number of methoxy groups -OCH3 is 1. The van der Waals surface area contributed by atoms with E-state index in [9.17, 15) is 4.79 Å².